The zero-order chi connectivity index (χ0) is 18.4. The highest BCUT2D eigenvalue weighted by Gasteiger charge is 2.39. The van der Waals surface area contributed by atoms with E-state index in [1.54, 1.807) is 13.8 Å². The molecule has 0 bridgehead atoms. The molecule has 0 spiro atoms. The molecule has 1 fully saturated rings. The summed E-state index contributed by atoms with van der Waals surface area (Å²) in [6.07, 6.45) is -1.31. The first-order valence-electron chi connectivity index (χ1n) is 8.32. The van der Waals surface area contributed by atoms with Gasteiger partial charge in [0.05, 0.1) is 0 Å². The molecule has 0 atom stereocenters. The molecule has 1 aromatic heterocycles. The molecule has 0 unspecified atom stereocenters. The molecule has 0 radical (unpaired) electrons. The van der Waals surface area contributed by atoms with Gasteiger partial charge in [-0.15, -0.1) is 0 Å². The second kappa shape index (κ2) is 6.26. The Balaban J connectivity index is 2.08. The van der Waals surface area contributed by atoms with Gasteiger partial charge in [0.1, 0.15) is 11.1 Å². The van der Waals surface area contributed by atoms with Crippen molar-refractivity contribution in [2.45, 2.75) is 63.6 Å². The lowest BCUT2D eigenvalue weighted by Gasteiger charge is -2.27. The van der Waals surface area contributed by atoms with Crippen LogP contribution in [-0.4, -0.2) is 21.2 Å². The minimum absolute atomic E-state index is 0.0470. The van der Waals surface area contributed by atoms with E-state index < -0.39 is 23.2 Å². The normalized spacial score (nSPS) is 17.1. The van der Waals surface area contributed by atoms with Crippen molar-refractivity contribution >= 4 is 11.1 Å². The minimum atomic E-state index is -4.70. The maximum absolute atomic E-state index is 13.4. The number of aliphatic hydroxyl groups is 2. The molecule has 1 heterocycles. The van der Waals surface area contributed by atoms with Crippen molar-refractivity contribution < 1.29 is 27.8 Å². The summed E-state index contributed by atoms with van der Waals surface area (Å²) in [5.41, 5.74) is -1.81. The highest BCUT2D eigenvalue weighted by Crippen LogP contribution is 2.38. The number of halogens is 3. The Bertz CT molecular complexity index is 762. The van der Waals surface area contributed by atoms with Crippen LogP contribution in [0.1, 0.15) is 62.5 Å². The molecule has 1 aliphatic rings. The molecule has 25 heavy (non-hydrogen) atoms. The monoisotopic (exact) mass is 358 g/mol. The number of benzene rings is 1. The van der Waals surface area contributed by atoms with Crippen LogP contribution in [0.3, 0.4) is 0 Å². The molecule has 138 valence electrons. The van der Waals surface area contributed by atoms with E-state index >= 15 is 0 Å². The van der Waals surface area contributed by atoms with Crippen LogP contribution < -0.4 is 5.32 Å². The SMILES string of the molecule is CC(C)c1nc2cc(C(O)(O)NC3CCCC3)cc(C(F)(F)F)c2o1. The van der Waals surface area contributed by atoms with Gasteiger partial charge in [0.15, 0.2) is 11.5 Å². The van der Waals surface area contributed by atoms with Crippen molar-refractivity contribution in [2.24, 2.45) is 0 Å². The fourth-order valence-corrected chi connectivity index (χ4v) is 3.15. The first-order valence-corrected chi connectivity index (χ1v) is 8.32. The lowest BCUT2D eigenvalue weighted by molar-refractivity contribution is -0.201. The largest absolute Gasteiger partial charge is 0.440 e. The Morgan fingerprint density at radius 2 is 1.84 bits per heavy atom. The van der Waals surface area contributed by atoms with Crippen LogP contribution in [0, 0.1) is 0 Å². The van der Waals surface area contributed by atoms with E-state index in [0.29, 0.717) is 6.07 Å². The maximum Gasteiger partial charge on any atom is 0.420 e. The van der Waals surface area contributed by atoms with Gasteiger partial charge in [-0.1, -0.05) is 26.7 Å². The van der Waals surface area contributed by atoms with E-state index in [1.165, 1.54) is 6.07 Å². The van der Waals surface area contributed by atoms with Crippen LogP contribution in [0.25, 0.3) is 11.1 Å². The van der Waals surface area contributed by atoms with Crippen molar-refractivity contribution in [3.8, 4) is 0 Å². The van der Waals surface area contributed by atoms with Gasteiger partial charge in [0, 0.05) is 17.5 Å². The zero-order valence-corrected chi connectivity index (χ0v) is 14.0. The fourth-order valence-electron chi connectivity index (χ4n) is 3.15. The number of nitrogens with zero attached hydrogens (tertiary/aromatic N) is 1. The number of fused-ring (bicyclic) bond motifs is 1. The van der Waals surface area contributed by atoms with Crippen molar-refractivity contribution in [3.63, 3.8) is 0 Å². The first kappa shape index (κ1) is 18.2. The van der Waals surface area contributed by atoms with Gasteiger partial charge in [-0.05, 0) is 25.0 Å². The van der Waals surface area contributed by atoms with E-state index in [-0.39, 0.29) is 28.9 Å². The number of rotatable bonds is 4. The predicted octanol–water partition coefficient (Wildman–Crippen LogP) is 3.60. The second-order valence-corrected chi connectivity index (χ2v) is 6.87. The first-order chi connectivity index (χ1) is 11.6. The van der Waals surface area contributed by atoms with Gasteiger partial charge in [-0.25, -0.2) is 4.98 Å². The topological polar surface area (TPSA) is 78.5 Å². The molecule has 1 aliphatic carbocycles. The number of hydrogen-bond acceptors (Lipinski definition) is 5. The number of hydrogen-bond donors (Lipinski definition) is 3. The van der Waals surface area contributed by atoms with E-state index in [1.807, 2.05) is 0 Å². The van der Waals surface area contributed by atoms with Gasteiger partial charge in [0.25, 0.3) is 5.91 Å². The van der Waals surface area contributed by atoms with Crippen LogP contribution in [-0.2, 0) is 12.1 Å². The number of alkyl halides is 3. The molecule has 3 rings (SSSR count). The van der Waals surface area contributed by atoms with E-state index in [4.69, 9.17) is 4.42 Å². The molecule has 5 nitrogen and oxygen atoms in total. The number of aromatic nitrogens is 1. The van der Waals surface area contributed by atoms with Gasteiger partial charge >= 0.3 is 6.18 Å². The van der Waals surface area contributed by atoms with Gasteiger partial charge in [-0.3, -0.25) is 5.32 Å². The molecule has 0 amide bonds. The Labute approximate surface area is 142 Å². The van der Waals surface area contributed by atoms with E-state index in [9.17, 15) is 23.4 Å². The lowest BCUT2D eigenvalue weighted by atomic mass is 10.0. The Hall–Kier alpha value is -1.64. The summed E-state index contributed by atoms with van der Waals surface area (Å²) >= 11 is 0. The highest BCUT2D eigenvalue weighted by molar-refractivity contribution is 5.78. The summed E-state index contributed by atoms with van der Waals surface area (Å²) in [5, 5.41) is 23.3. The summed E-state index contributed by atoms with van der Waals surface area (Å²) in [5.74, 6) is -2.59. The van der Waals surface area contributed by atoms with Crippen molar-refractivity contribution in [1.29, 1.82) is 0 Å². The highest BCUT2D eigenvalue weighted by atomic mass is 19.4. The molecule has 0 saturated heterocycles. The Kier molecular flexibility index (Phi) is 4.55. The van der Waals surface area contributed by atoms with E-state index in [0.717, 1.165) is 25.7 Å². The third-order valence-corrected chi connectivity index (χ3v) is 4.47. The summed E-state index contributed by atoms with van der Waals surface area (Å²) in [4.78, 5) is 4.08. The molecule has 3 N–H and O–H groups in total. The average Bonchev–Trinajstić information content (AvgIpc) is 3.12. The van der Waals surface area contributed by atoms with E-state index in [2.05, 4.69) is 10.3 Å². The van der Waals surface area contributed by atoms with Crippen molar-refractivity contribution in [2.75, 3.05) is 0 Å². The predicted molar refractivity (Wildman–Crippen MR) is 84.6 cm³/mol. The zero-order valence-electron chi connectivity index (χ0n) is 14.0. The second-order valence-electron chi connectivity index (χ2n) is 6.87. The Morgan fingerprint density at radius 3 is 2.40 bits per heavy atom. The molecule has 1 aromatic carbocycles. The molecule has 2 aromatic rings. The number of oxazole rings is 1. The van der Waals surface area contributed by atoms with Crippen LogP contribution >= 0.6 is 0 Å². The lowest BCUT2D eigenvalue weighted by Crippen LogP contribution is -2.47. The van der Waals surface area contributed by atoms with Gasteiger partial charge < -0.3 is 14.6 Å². The molecule has 1 saturated carbocycles. The van der Waals surface area contributed by atoms with Crippen LogP contribution in [0.2, 0.25) is 0 Å². The quantitative estimate of drug-likeness (QED) is 0.728. The standard InChI is InChI=1S/C17H21F3N2O3/c1-9(2)15-21-13-8-10(7-12(14(13)25-15)16(18,19)20)17(23,24)22-11-5-3-4-6-11/h7-9,11,22-24H,3-6H2,1-2H3. The summed E-state index contributed by atoms with van der Waals surface area (Å²) in [6.45, 7) is 3.51. The Morgan fingerprint density at radius 1 is 1.20 bits per heavy atom. The third kappa shape index (κ3) is 3.65. The van der Waals surface area contributed by atoms with Crippen molar-refractivity contribution in [1.82, 2.24) is 10.3 Å². The molecular weight excluding hydrogens is 337 g/mol. The molecule has 8 heteroatoms. The third-order valence-electron chi connectivity index (χ3n) is 4.47. The van der Waals surface area contributed by atoms with Crippen molar-refractivity contribution in [3.05, 3.63) is 29.2 Å². The summed E-state index contributed by atoms with van der Waals surface area (Å²) in [6, 6.07) is 1.78. The fraction of sp³-hybridized carbons (Fsp3) is 0.588. The number of nitrogens with one attached hydrogen (secondary N) is 1. The van der Waals surface area contributed by atoms with Gasteiger partial charge in [0.2, 0.25) is 0 Å². The van der Waals surface area contributed by atoms with Gasteiger partial charge in [-0.2, -0.15) is 13.2 Å². The van der Waals surface area contributed by atoms with Crippen LogP contribution in [0.15, 0.2) is 16.5 Å². The molecule has 0 aliphatic heterocycles. The minimum Gasteiger partial charge on any atom is -0.440 e. The summed E-state index contributed by atoms with van der Waals surface area (Å²) < 4.78 is 45.6. The summed E-state index contributed by atoms with van der Waals surface area (Å²) in [7, 11) is 0. The maximum atomic E-state index is 13.4. The molecular formula is C17H21F3N2O3. The van der Waals surface area contributed by atoms with Crippen LogP contribution in [0.4, 0.5) is 13.2 Å². The smallest absolute Gasteiger partial charge is 0.420 e. The average molecular weight is 358 g/mol. The van der Waals surface area contributed by atoms with Crippen LogP contribution in [0.5, 0.6) is 0 Å².